The van der Waals surface area contributed by atoms with Crippen LogP contribution in [-0.4, -0.2) is 49.0 Å². The number of nitrogens with zero attached hydrogens (tertiary/aromatic N) is 10. The van der Waals surface area contributed by atoms with Gasteiger partial charge in [0.05, 0.1) is 5.52 Å². The largest absolute Gasteiger partial charge is 0.255 e. The zero-order valence-electron chi connectivity index (χ0n) is 24.0. The van der Waals surface area contributed by atoms with Gasteiger partial charge in [0.25, 0.3) is 0 Å². The zero-order valence-corrected chi connectivity index (χ0v) is 24.0. The highest BCUT2D eigenvalue weighted by Crippen LogP contribution is 2.33. The molecular weight excluding hydrogens is 572 g/mol. The normalized spacial score (nSPS) is 11.9. The van der Waals surface area contributed by atoms with Crippen LogP contribution in [0, 0.1) is 0 Å². The first-order valence-corrected chi connectivity index (χ1v) is 14.8. The van der Waals surface area contributed by atoms with E-state index >= 15 is 0 Å². The summed E-state index contributed by atoms with van der Waals surface area (Å²) in [6.45, 7) is 0. The minimum Gasteiger partial charge on any atom is -0.255 e. The van der Waals surface area contributed by atoms with Crippen LogP contribution in [0.15, 0.2) is 122 Å². The van der Waals surface area contributed by atoms with Gasteiger partial charge in [-0.3, -0.25) is 4.98 Å². The summed E-state index contributed by atoms with van der Waals surface area (Å²) in [6, 6.07) is 30.3. The van der Waals surface area contributed by atoms with Crippen molar-refractivity contribution in [1.29, 1.82) is 0 Å². The van der Waals surface area contributed by atoms with Gasteiger partial charge >= 0.3 is 0 Å². The molecule has 0 aliphatic carbocycles. The number of pyridine rings is 5. The predicted octanol–water partition coefficient (Wildman–Crippen LogP) is 7.01. The summed E-state index contributed by atoms with van der Waals surface area (Å²) in [5, 5.41) is 7.02. The lowest BCUT2D eigenvalue weighted by Gasteiger charge is -2.11. The third-order valence-corrected chi connectivity index (χ3v) is 8.42. The Balaban J connectivity index is 1.30. The van der Waals surface area contributed by atoms with Crippen molar-refractivity contribution in [1.82, 2.24) is 49.0 Å². The van der Waals surface area contributed by atoms with E-state index in [1.807, 2.05) is 76.0 Å². The molecule has 0 aliphatic heterocycles. The highest BCUT2D eigenvalue weighted by atomic mass is 15.3. The Morgan fingerprint density at radius 2 is 0.891 bits per heavy atom. The van der Waals surface area contributed by atoms with Crippen molar-refractivity contribution in [3.8, 4) is 23.3 Å². The first-order chi connectivity index (χ1) is 22.8. The molecule has 0 fully saturated rings. The van der Waals surface area contributed by atoms with Crippen LogP contribution < -0.4 is 0 Å². The molecule has 46 heavy (non-hydrogen) atoms. The van der Waals surface area contributed by atoms with Crippen LogP contribution in [0.5, 0.6) is 0 Å². The van der Waals surface area contributed by atoms with Crippen LogP contribution in [0.4, 0.5) is 0 Å². The molecule has 214 valence electrons. The summed E-state index contributed by atoms with van der Waals surface area (Å²) in [6.07, 6.45) is 8.87. The molecule has 8 heterocycles. The number of rotatable bonds is 3. The van der Waals surface area contributed by atoms with E-state index in [0.717, 1.165) is 48.8 Å². The van der Waals surface area contributed by atoms with Crippen LogP contribution in [0.25, 0.3) is 89.1 Å². The molecule has 0 bridgehead atoms. The molecule has 10 aromatic rings. The third-order valence-electron chi connectivity index (χ3n) is 8.42. The smallest absolute Gasteiger partial charge is 0.242 e. The highest BCUT2D eigenvalue weighted by molar-refractivity contribution is 6.08. The lowest BCUT2D eigenvalue weighted by Crippen LogP contribution is -2.11. The summed E-state index contributed by atoms with van der Waals surface area (Å²) in [5.41, 5.74) is 4.45. The number of fused-ring (bicyclic) bond motifs is 9. The van der Waals surface area contributed by atoms with E-state index in [2.05, 4.69) is 30.3 Å². The molecule has 8 aromatic heterocycles. The zero-order chi connectivity index (χ0) is 30.2. The van der Waals surface area contributed by atoms with E-state index in [0.29, 0.717) is 40.3 Å². The Bertz CT molecular complexity index is 2600. The molecule has 0 atom stereocenters. The molecule has 0 N–H and O–H groups in total. The second kappa shape index (κ2) is 9.41. The van der Waals surface area contributed by atoms with E-state index in [9.17, 15) is 0 Å². The summed E-state index contributed by atoms with van der Waals surface area (Å²) in [7, 11) is 0. The van der Waals surface area contributed by atoms with Gasteiger partial charge in [-0.15, -0.1) is 0 Å². The Morgan fingerprint density at radius 1 is 0.413 bits per heavy atom. The van der Waals surface area contributed by atoms with E-state index < -0.39 is 0 Å². The van der Waals surface area contributed by atoms with Gasteiger partial charge in [0, 0.05) is 68.9 Å². The summed E-state index contributed by atoms with van der Waals surface area (Å²) in [4.78, 5) is 39.0. The van der Waals surface area contributed by atoms with Gasteiger partial charge < -0.3 is 0 Å². The van der Waals surface area contributed by atoms with Crippen LogP contribution >= 0.6 is 0 Å². The fraction of sp³-hybridized carbons (Fsp3) is 0. The van der Waals surface area contributed by atoms with Gasteiger partial charge in [0.1, 0.15) is 22.6 Å². The van der Waals surface area contributed by atoms with Crippen molar-refractivity contribution in [2.24, 2.45) is 0 Å². The van der Waals surface area contributed by atoms with Gasteiger partial charge in [0.15, 0.2) is 5.82 Å². The Morgan fingerprint density at radius 3 is 1.43 bits per heavy atom. The fourth-order valence-electron chi connectivity index (χ4n) is 6.40. The first-order valence-electron chi connectivity index (χ1n) is 14.8. The van der Waals surface area contributed by atoms with E-state index in [-0.39, 0.29) is 0 Å². The maximum Gasteiger partial charge on any atom is 0.242 e. The van der Waals surface area contributed by atoms with Crippen molar-refractivity contribution in [2.45, 2.75) is 0 Å². The lowest BCUT2D eigenvalue weighted by molar-refractivity contribution is 0.875. The topological polar surface area (TPSA) is 113 Å². The van der Waals surface area contributed by atoms with Crippen molar-refractivity contribution in [3.63, 3.8) is 0 Å². The molecule has 10 nitrogen and oxygen atoms in total. The van der Waals surface area contributed by atoms with Crippen molar-refractivity contribution < 1.29 is 0 Å². The number of hydrogen-bond acceptors (Lipinski definition) is 8. The molecule has 0 saturated heterocycles. The minimum absolute atomic E-state index is 0.373. The number of aromatic nitrogens is 10. The Kier molecular flexibility index (Phi) is 5.06. The Labute approximate surface area is 259 Å². The number of hydrogen-bond donors (Lipinski definition) is 0. The highest BCUT2D eigenvalue weighted by Gasteiger charge is 2.22. The maximum atomic E-state index is 5.07. The second-order valence-electron chi connectivity index (χ2n) is 11.0. The second-order valence-corrected chi connectivity index (χ2v) is 11.0. The Hall–Kier alpha value is -6.68. The van der Waals surface area contributed by atoms with Gasteiger partial charge in [-0.25, -0.2) is 29.1 Å². The van der Waals surface area contributed by atoms with E-state index in [4.69, 9.17) is 39.9 Å². The standard InChI is InChI=1S/C36H20N10/c1-2-8-24-21(7-1)13-14-22-19-23(20-41-29(22)24)30-42-35(45-31-25(9-3-15-37-31)26-10-4-16-38-32(26)45)44-36(43-30)46-33-27(11-5-17-39-33)28-12-6-18-40-34(28)46/h1-20H. The van der Waals surface area contributed by atoms with Crippen molar-refractivity contribution in [2.75, 3.05) is 0 Å². The molecule has 0 unspecified atom stereocenters. The summed E-state index contributed by atoms with van der Waals surface area (Å²) in [5.74, 6) is 1.20. The molecule has 10 rings (SSSR count). The van der Waals surface area contributed by atoms with Crippen LogP contribution in [0.3, 0.4) is 0 Å². The van der Waals surface area contributed by atoms with Crippen molar-refractivity contribution >= 4 is 65.8 Å². The SMILES string of the molecule is c1ccc2c(c1)ccc1cc(-c3nc(-n4c5ncccc5c5cccnc54)nc(-n4c5ncccc5c5cccnc54)n3)cnc12. The average molecular weight is 593 g/mol. The minimum atomic E-state index is 0.373. The quantitative estimate of drug-likeness (QED) is 0.201. The monoisotopic (exact) mass is 592 g/mol. The molecular formula is C36H20N10. The van der Waals surface area contributed by atoms with E-state index in [1.165, 1.54) is 0 Å². The molecule has 0 amide bonds. The maximum absolute atomic E-state index is 5.07. The van der Waals surface area contributed by atoms with E-state index in [1.54, 1.807) is 24.8 Å². The van der Waals surface area contributed by atoms with Crippen LogP contribution in [0.1, 0.15) is 0 Å². The molecule has 0 spiro atoms. The molecule has 0 radical (unpaired) electrons. The predicted molar refractivity (Wildman–Crippen MR) is 178 cm³/mol. The average Bonchev–Trinajstić information content (AvgIpc) is 3.64. The third kappa shape index (κ3) is 3.52. The van der Waals surface area contributed by atoms with Crippen LogP contribution in [0.2, 0.25) is 0 Å². The molecule has 0 saturated carbocycles. The van der Waals surface area contributed by atoms with Gasteiger partial charge in [0.2, 0.25) is 11.9 Å². The van der Waals surface area contributed by atoms with Crippen LogP contribution in [-0.2, 0) is 0 Å². The molecule has 10 heteroatoms. The van der Waals surface area contributed by atoms with Crippen molar-refractivity contribution in [3.05, 3.63) is 122 Å². The summed E-state index contributed by atoms with van der Waals surface area (Å²) >= 11 is 0. The summed E-state index contributed by atoms with van der Waals surface area (Å²) < 4.78 is 3.77. The van der Waals surface area contributed by atoms with Gasteiger partial charge in [-0.1, -0.05) is 36.4 Å². The van der Waals surface area contributed by atoms with Gasteiger partial charge in [-0.05, 0) is 60.0 Å². The fourth-order valence-corrected chi connectivity index (χ4v) is 6.40. The molecule has 2 aromatic carbocycles. The number of benzene rings is 2. The van der Waals surface area contributed by atoms with Gasteiger partial charge in [-0.2, -0.15) is 15.0 Å². The lowest BCUT2D eigenvalue weighted by atomic mass is 10.1. The first kappa shape index (κ1) is 24.7. The molecule has 0 aliphatic rings.